The zero-order valence-corrected chi connectivity index (χ0v) is 20.3. The van der Waals surface area contributed by atoms with Crippen LogP contribution in [-0.4, -0.2) is 26.3 Å². The minimum absolute atomic E-state index is 0.0878. The van der Waals surface area contributed by atoms with Crippen molar-refractivity contribution in [3.05, 3.63) is 53.1 Å². The largest absolute Gasteiger partial charge is 0.504 e. The summed E-state index contributed by atoms with van der Waals surface area (Å²) < 4.78 is 30.9. The molecule has 6 nitrogen and oxygen atoms in total. The number of fused-ring (bicyclic) bond motifs is 5. The summed E-state index contributed by atoms with van der Waals surface area (Å²) in [6.07, 6.45) is 5.91. The molecule has 0 aliphatic heterocycles. The highest BCUT2D eigenvalue weighted by Crippen LogP contribution is 2.60. The number of methoxy groups -OCH3 is 1. The van der Waals surface area contributed by atoms with Gasteiger partial charge in [0.05, 0.1) is 12.0 Å². The molecule has 2 N–H and O–H groups in total. The van der Waals surface area contributed by atoms with E-state index in [1.54, 1.807) is 31.4 Å². The lowest BCUT2D eigenvalue weighted by molar-refractivity contribution is 0.0953. The molecule has 33 heavy (non-hydrogen) atoms. The molecule has 7 heteroatoms. The van der Waals surface area contributed by atoms with Crippen molar-refractivity contribution in [2.75, 3.05) is 7.11 Å². The van der Waals surface area contributed by atoms with Crippen LogP contribution in [0.25, 0.3) is 0 Å². The smallest absolute Gasteiger partial charge is 0.276 e. The van der Waals surface area contributed by atoms with Crippen molar-refractivity contribution >= 4 is 15.7 Å². The van der Waals surface area contributed by atoms with Gasteiger partial charge in [-0.15, -0.1) is 0 Å². The molecule has 0 amide bonds. The molecular weight excluding hydrogens is 436 g/mol. The first-order chi connectivity index (χ1) is 15.7. The number of rotatable bonds is 4. The summed E-state index contributed by atoms with van der Waals surface area (Å²) in [5, 5.41) is 14.7. The van der Waals surface area contributed by atoms with Crippen molar-refractivity contribution in [2.24, 2.45) is 22.4 Å². The molecule has 0 heterocycles. The number of hydrogen-bond acceptors (Lipinski definition) is 5. The van der Waals surface area contributed by atoms with Crippen molar-refractivity contribution in [3.63, 3.8) is 0 Å². The number of phenolic OH excluding ortho intramolecular Hbond substituents is 1. The van der Waals surface area contributed by atoms with Gasteiger partial charge in [0, 0.05) is 11.1 Å². The number of aryl methyl sites for hydroxylation is 2. The lowest BCUT2D eigenvalue weighted by Gasteiger charge is -2.49. The number of nitrogens with zero attached hydrogens (tertiary/aromatic N) is 1. The van der Waals surface area contributed by atoms with E-state index < -0.39 is 10.0 Å². The number of hydrogen-bond donors (Lipinski definition) is 2. The molecule has 0 spiro atoms. The first kappa shape index (κ1) is 22.3. The number of phenols is 1. The van der Waals surface area contributed by atoms with Crippen LogP contribution < -0.4 is 9.57 Å². The second-order valence-corrected chi connectivity index (χ2v) is 11.8. The summed E-state index contributed by atoms with van der Waals surface area (Å²) in [6.45, 7) is 4.20. The zero-order valence-electron chi connectivity index (χ0n) is 19.5. The van der Waals surface area contributed by atoms with Crippen LogP contribution >= 0.6 is 0 Å². The van der Waals surface area contributed by atoms with Crippen molar-refractivity contribution in [1.29, 1.82) is 0 Å². The maximum Gasteiger partial charge on any atom is 0.276 e. The summed E-state index contributed by atoms with van der Waals surface area (Å²) in [6, 6.07) is 10.7. The van der Waals surface area contributed by atoms with E-state index in [2.05, 4.69) is 16.9 Å². The standard InChI is InChI=1S/C26H32N2O4S/c1-16-4-7-18(8-5-16)33(30,31)28-27-25-11-10-22-20-9-6-17-14-23(29)24(32-3)15-21(17)19(20)12-13-26(22,25)2/h4-5,7-8,14-15,19-20,22,28-29H,6,9-13H2,1-3H3/b27-25+/t19-,20+,22-,26-/m0/s1. The van der Waals surface area contributed by atoms with Crippen LogP contribution in [0.15, 0.2) is 46.4 Å². The van der Waals surface area contributed by atoms with Gasteiger partial charge in [0.2, 0.25) is 0 Å². The van der Waals surface area contributed by atoms with Gasteiger partial charge in [-0.1, -0.05) is 24.6 Å². The Bertz CT molecular complexity index is 1210. The third-order valence-corrected chi connectivity index (χ3v) is 9.62. The number of nitrogens with one attached hydrogen (secondary N) is 1. The molecule has 2 aromatic carbocycles. The summed E-state index contributed by atoms with van der Waals surface area (Å²) in [7, 11) is -2.08. The van der Waals surface area contributed by atoms with E-state index in [9.17, 15) is 13.5 Å². The van der Waals surface area contributed by atoms with Gasteiger partial charge in [-0.05, 0) is 98.6 Å². The number of benzene rings is 2. The highest BCUT2D eigenvalue weighted by Gasteiger charge is 2.53. The van der Waals surface area contributed by atoms with Crippen LogP contribution in [0, 0.1) is 24.2 Å². The van der Waals surface area contributed by atoms with Gasteiger partial charge in [-0.3, -0.25) is 0 Å². The highest BCUT2D eigenvalue weighted by atomic mass is 32.2. The number of aromatic hydroxyl groups is 1. The molecule has 2 saturated carbocycles. The summed E-state index contributed by atoms with van der Waals surface area (Å²) in [5.41, 5.74) is 4.46. The maximum atomic E-state index is 12.8. The molecule has 2 fully saturated rings. The highest BCUT2D eigenvalue weighted by molar-refractivity contribution is 7.89. The van der Waals surface area contributed by atoms with Gasteiger partial charge >= 0.3 is 0 Å². The average molecular weight is 469 g/mol. The predicted octanol–water partition coefficient (Wildman–Crippen LogP) is 4.90. The SMILES string of the molecule is COc1cc2c(cc1O)CC[C@@H]1[C@@H]2CC[C@]2(C)/C(=N/NS(=O)(=O)c3ccc(C)cc3)CC[C@@H]12. The molecule has 2 aromatic rings. The minimum Gasteiger partial charge on any atom is -0.504 e. The maximum absolute atomic E-state index is 12.8. The number of hydrazone groups is 1. The topological polar surface area (TPSA) is 88.0 Å². The fraction of sp³-hybridized carbons (Fsp3) is 0.500. The first-order valence-electron chi connectivity index (χ1n) is 11.8. The van der Waals surface area contributed by atoms with Crippen LogP contribution in [-0.2, 0) is 16.4 Å². The average Bonchev–Trinajstić information content (AvgIpc) is 3.13. The predicted molar refractivity (Wildman–Crippen MR) is 128 cm³/mol. The zero-order chi connectivity index (χ0) is 23.4. The van der Waals surface area contributed by atoms with Crippen LogP contribution in [0.3, 0.4) is 0 Å². The van der Waals surface area contributed by atoms with Gasteiger partial charge in [0.1, 0.15) is 0 Å². The normalized spacial score (nSPS) is 29.8. The molecule has 0 unspecified atom stereocenters. The Balaban J connectivity index is 1.39. The van der Waals surface area contributed by atoms with Crippen molar-refractivity contribution < 1.29 is 18.3 Å². The van der Waals surface area contributed by atoms with E-state index in [0.29, 0.717) is 23.5 Å². The van der Waals surface area contributed by atoms with E-state index in [-0.39, 0.29) is 16.1 Å². The Hall–Kier alpha value is -2.54. The van der Waals surface area contributed by atoms with Crippen LogP contribution in [0.1, 0.15) is 61.6 Å². The second-order valence-electron chi connectivity index (χ2n) is 10.1. The monoisotopic (exact) mass is 468 g/mol. The van der Waals surface area contributed by atoms with Crippen LogP contribution in [0.5, 0.6) is 11.5 Å². The third kappa shape index (κ3) is 3.70. The van der Waals surface area contributed by atoms with Crippen molar-refractivity contribution in [3.8, 4) is 11.5 Å². The molecule has 3 aliphatic carbocycles. The van der Waals surface area contributed by atoms with Gasteiger partial charge in [0.25, 0.3) is 10.0 Å². The van der Waals surface area contributed by atoms with Crippen molar-refractivity contribution in [2.45, 2.75) is 63.2 Å². The van der Waals surface area contributed by atoms with E-state index in [1.807, 2.05) is 19.1 Å². The fourth-order valence-electron chi connectivity index (χ4n) is 6.61. The Kier molecular flexibility index (Phi) is 5.43. The molecule has 0 saturated heterocycles. The van der Waals surface area contributed by atoms with Gasteiger partial charge in [-0.25, -0.2) is 4.83 Å². The molecule has 176 valence electrons. The Morgan fingerprint density at radius 3 is 2.61 bits per heavy atom. The molecule has 0 aromatic heterocycles. The molecule has 3 aliphatic rings. The van der Waals surface area contributed by atoms with Crippen LogP contribution in [0.2, 0.25) is 0 Å². The van der Waals surface area contributed by atoms with E-state index >= 15 is 0 Å². The Morgan fingerprint density at radius 2 is 1.88 bits per heavy atom. The third-order valence-electron chi connectivity index (χ3n) is 8.40. The fourth-order valence-corrected chi connectivity index (χ4v) is 7.44. The van der Waals surface area contributed by atoms with Gasteiger partial charge in [0.15, 0.2) is 11.5 Å². The lowest BCUT2D eigenvalue weighted by Crippen LogP contribution is -2.43. The Labute approximate surface area is 196 Å². The van der Waals surface area contributed by atoms with Gasteiger partial charge in [-0.2, -0.15) is 13.5 Å². The summed E-state index contributed by atoms with van der Waals surface area (Å²) in [5.74, 6) is 2.22. The second kappa shape index (κ2) is 8.05. The summed E-state index contributed by atoms with van der Waals surface area (Å²) >= 11 is 0. The van der Waals surface area contributed by atoms with Gasteiger partial charge < -0.3 is 9.84 Å². The number of ether oxygens (including phenoxy) is 1. The molecule has 0 bridgehead atoms. The minimum atomic E-state index is -3.68. The molecule has 0 radical (unpaired) electrons. The lowest BCUT2D eigenvalue weighted by atomic mass is 9.55. The quantitative estimate of drug-likeness (QED) is 0.625. The van der Waals surface area contributed by atoms with Crippen LogP contribution in [0.4, 0.5) is 0 Å². The first-order valence-corrected chi connectivity index (χ1v) is 13.3. The summed E-state index contributed by atoms with van der Waals surface area (Å²) in [4.78, 5) is 2.76. The molecule has 5 rings (SSSR count). The molecular formula is C26H32N2O4S. The van der Waals surface area contributed by atoms with E-state index in [0.717, 1.165) is 49.8 Å². The number of sulfonamides is 1. The Morgan fingerprint density at radius 1 is 1.12 bits per heavy atom. The molecule has 4 atom stereocenters. The van der Waals surface area contributed by atoms with E-state index in [4.69, 9.17) is 4.74 Å². The van der Waals surface area contributed by atoms with Crippen molar-refractivity contribution in [1.82, 2.24) is 4.83 Å². The van der Waals surface area contributed by atoms with E-state index in [1.165, 1.54) is 11.1 Å².